The molecule has 124 valence electrons. The van der Waals surface area contributed by atoms with E-state index in [1.165, 1.54) is 4.90 Å². The van der Waals surface area contributed by atoms with E-state index in [1.807, 2.05) is 13.8 Å². The highest BCUT2D eigenvalue weighted by Gasteiger charge is 2.33. The molecule has 0 aromatic heterocycles. The zero-order chi connectivity index (χ0) is 17.0. The summed E-state index contributed by atoms with van der Waals surface area (Å²) < 4.78 is 5.30. The van der Waals surface area contributed by atoms with Crippen LogP contribution in [-0.2, 0) is 14.3 Å². The summed E-state index contributed by atoms with van der Waals surface area (Å²) in [4.78, 5) is 22.0. The van der Waals surface area contributed by atoms with E-state index in [4.69, 9.17) is 15.6 Å². The van der Waals surface area contributed by atoms with Crippen molar-refractivity contribution in [2.45, 2.75) is 45.6 Å². The van der Waals surface area contributed by atoms with Gasteiger partial charge in [0.15, 0.2) is 0 Å². The molecule has 0 radical (unpaired) electrons. The summed E-state index contributed by atoms with van der Waals surface area (Å²) in [5.41, 5.74) is 6.19. The van der Waals surface area contributed by atoms with Gasteiger partial charge < -0.3 is 25.8 Å². The van der Waals surface area contributed by atoms with Gasteiger partial charge in [-0.1, -0.05) is 20.4 Å². The molecule has 7 heteroatoms. The summed E-state index contributed by atoms with van der Waals surface area (Å²) in [6.07, 6.45) is 0.657. The maximum Gasteiger partial charge on any atom is 0.246 e. The zero-order valence-corrected chi connectivity index (χ0v) is 13.6. The zero-order valence-electron chi connectivity index (χ0n) is 13.6. The van der Waals surface area contributed by atoms with Crippen molar-refractivity contribution in [1.29, 1.82) is 0 Å². The molecule has 21 heavy (non-hydrogen) atoms. The van der Waals surface area contributed by atoms with Gasteiger partial charge in [-0.3, -0.25) is 9.59 Å². The molecule has 2 amide bonds. The summed E-state index contributed by atoms with van der Waals surface area (Å²) in [6.45, 7) is 8.99. The van der Waals surface area contributed by atoms with Crippen molar-refractivity contribution in [3.8, 4) is 0 Å². The number of nitrogens with zero attached hydrogens (tertiary/aromatic N) is 1. The molecule has 1 fully saturated rings. The summed E-state index contributed by atoms with van der Waals surface area (Å²) in [6, 6.07) is -0.178. The fourth-order valence-corrected chi connectivity index (χ4v) is 1.46. The van der Waals surface area contributed by atoms with Crippen LogP contribution in [0.5, 0.6) is 0 Å². The highest BCUT2D eigenvalue weighted by molar-refractivity contribution is 5.91. The van der Waals surface area contributed by atoms with Crippen LogP contribution in [0.25, 0.3) is 0 Å². The number of nitrogens with two attached hydrogens (primary N) is 1. The topological polar surface area (TPSA) is 105 Å². The molecule has 1 heterocycles. The first kappa shape index (κ1) is 21.9. The van der Waals surface area contributed by atoms with Crippen LogP contribution in [-0.4, -0.2) is 61.4 Å². The fourth-order valence-electron chi connectivity index (χ4n) is 1.46. The van der Waals surface area contributed by atoms with E-state index in [0.717, 1.165) is 0 Å². The number of amides is 2. The SMILES string of the molecule is C=C(C)C(=O)NC.CC.CN(C=O)C1C[C@@H](N)C(CO)O1. The van der Waals surface area contributed by atoms with E-state index in [1.54, 1.807) is 21.0 Å². The van der Waals surface area contributed by atoms with E-state index in [9.17, 15) is 9.59 Å². The number of hydrogen-bond acceptors (Lipinski definition) is 5. The smallest absolute Gasteiger partial charge is 0.246 e. The normalized spacial score (nSPS) is 22.9. The molecule has 2 unspecified atom stereocenters. The van der Waals surface area contributed by atoms with Crippen LogP contribution in [0.3, 0.4) is 0 Å². The van der Waals surface area contributed by atoms with Crippen LogP contribution < -0.4 is 11.1 Å². The van der Waals surface area contributed by atoms with Gasteiger partial charge in [0, 0.05) is 32.1 Å². The van der Waals surface area contributed by atoms with Gasteiger partial charge in [-0.05, 0) is 6.92 Å². The Morgan fingerprint density at radius 3 is 2.33 bits per heavy atom. The average molecular weight is 303 g/mol. The van der Waals surface area contributed by atoms with Gasteiger partial charge in [0.2, 0.25) is 12.3 Å². The molecular weight excluding hydrogens is 274 g/mol. The highest BCUT2D eigenvalue weighted by atomic mass is 16.5. The van der Waals surface area contributed by atoms with E-state index < -0.39 is 0 Å². The van der Waals surface area contributed by atoms with Crippen LogP contribution in [0, 0.1) is 0 Å². The van der Waals surface area contributed by atoms with E-state index in [-0.39, 0.29) is 30.9 Å². The van der Waals surface area contributed by atoms with Crippen molar-refractivity contribution in [1.82, 2.24) is 10.2 Å². The van der Waals surface area contributed by atoms with Crippen molar-refractivity contribution in [2.75, 3.05) is 20.7 Å². The molecule has 7 nitrogen and oxygen atoms in total. The Morgan fingerprint density at radius 2 is 2.10 bits per heavy atom. The van der Waals surface area contributed by atoms with Gasteiger partial charge in [-0.2, -0.15) is 0 Å². The monoisotopic (exact) mass is 303 g/mol. The molecule has 0 aromatic rings. The quantitative estimate of drug-likeness (QED) is 0.494. The minimum absolute atomic E-state index is 0.0929. The second-order valence-corrected chi connectivity index (χ2v) is 4.34. The first-order chi connectivity index (χ1) is 9.87. The molecular formula is C14H29N3O4. The molecule has 0 spiro atoms. The summed E-state index contributed by atoms with van der Waals surface area (Å²) in [5, 5.41) is 11.2. The van der Waals surface area contributed by atoms with Crippen LogP contribution in [0.4, 0.5) is 0 Å². The third kappa shape index (κ3) is 8.44. The van der Waals surface area contributed by atoms with Crippen molar-refractivity contribution in [2.24, 2.45) is 5.73 Å². The Balaban J connectivity index is 0. The number of nitrogens with one attached hydrogen (secondary N) is 1. The van der Waals surface area contributed by atoms with Gasteiger partial charge in [0.1, 0.15) is 6.23 Å². The molecule has 1 aliphatic heterocycles. The Bertz CT molecular complexity index is 323. The molecule has 0 bridgehead atoms. The number of likely N-dealkylation sites (N-methyl/N-ethyl adjacent to an activating group) is 1. The Labute approximate surface area is 127 Å². The predicted molar refractivity (Wildman–Crippen MR) is 82.4 cm³/mol. The molecule has 1 saturated heterocycles. The minimum atomic E-state index is -0.336. The maximum absolute atomic E-state index is 10.3. The van der Waals surface area contributed by atoms with Crippen molar-refractivity contribution < 1.29 is 19.4 Å². The van der Waals surface area contributed by atoms with E-state index in [0.29, 0.717) is 18.4 Å². The number of ether oxygens (including phenoxy) is 1. The molecule has 1 aliphatic rings. The van der Waals surface area contributed by atoms with E-state index >= 15 is 0 Å². The van der Waals surface area contributed by atoms with Crippen molar-refractivity contribution in [3.05, 3.63) is 12.2 Å². The lowest BCUT2D eigenvalue weighted by Gasteiger charge is -2.19. The molecule has 4 N–H and O–H groups in total. The number of carbonyl (C=O) groups excluding carboxylic acids is 2. The Kier molecular flexibility index (Phi) is 12.8. The third-order valence-corrected chi connectivity index (χ3v) is 2.70. The Hall–Kier alpha value is -1.44. The third-order valence-electron chi connectivity index (χ3n) is 2.70. The van der Waals surface area contributed by atoms with Gasteiger partial charge >= 0.3 is 0 Å². The molecule has 0 aromatic carbocycles. The largest absolute Gasteiger partial charge is 0.394 e. The van der Waals surface area contributed by atoms with Crippen LogP contribution in [0.15, 0.2) is 12.2 Å². The molecule has 0 saturated carbocycles. The second-order valence-electron chi connectivity index (χ2n) is 4.34. The van der Waals surface area contributed by atoms with Crippen LogP contribution in [0.2, 0.25) is 0 Å². The summed E-state index contributed by atoms with van der Waals surface area (Å²) in [7, 11) is 3.21. The van der Waals surface area contributed by atoms with Gasteiger partial charge in [-0.15, -0.1) is 0 Å². The number of aliphatic hydroxyl groups excluding tert-OH is 1. The standard InChI is InChI=1S/C7H14N2O3.C5H9NO.C2H6/c1-9(4-11)7-2-5(8)6(3-10)12-7;1-4(2)5(7)6-3;1-2/h4-7,10H,2-3,8H2,1H3;1H2,2-3H3,(H,6,7);1-2H3/t5-,6?,7?;;/m1../s1. The second kappa shape index (κ2) is 12.3. The predicted octanol–water partition coefficient (Wildman–Crippen LogP) is -0.156. The lowest BCUT2D eigenvalue weighted by atomic mass is 10.1. The highest BCUT2D eigenvalue weighted by Crippen LogP contribution is 2.19. The number of hydrogen-bond donors (Lipinski definition) is 3. The van der Waals surface area contributed by atoms with Crippen molar-refractivity contribution >= 4 is 12.3 Å². The number of carbonyl (C=O) groups is 2. The van der Waals surface area contributed by atoms with Gasteiger partial charge in [-0.25, -0.2) is 0 Å². The number of aliphatic hydroxyl groups is 1. The average Bonchev–Trinajstić information content (AvgIpc) is 2.89. The number of rotatable bonds is 4. The Morgan fingerprint density at radius 1 is 1.57 bits per heavy atom. The van der Waals surface area contributed by atoms with Crippen LogP contribution >= 0.6 is 0 Å². The van der Waals surface area contributed by atoms with Crippen LogP contribution in [0.1, 0.15) is 27.2 Å². The lowest BCUT2D eigenvalue weighted by Crippen LogP contribution is -2.32. The van der Waals surface area contributed by atoms with Gasteiger partial charge in [0.05, 0.1) is 12.7 Å². The fraction of sp³-hybridized carbons (Fsp3) is 0.714. The summed E-state index contributed by atoms with van der Waals surface area (Å²) >= 11 is 0. The molecule has 1 rings (SSSR count). The summed E-state index contributed by atoms with van der Waals surface area (Å²) in [5.74, 6) is -0.0972. The van der Waals surface area contributed by atoms with Crippen molar-refractivity contribution in [3.63, 3.8) is 0 Å². The molecule has 3 atom stereocenters. The first-order valence-electron chi connectivity index (χ1n) is 6.94. The van der Waals surface area contributed by atoms with E-state index in [2.05, 4.69) is 11.9 Å². The maximum atomic E-state index is 10.3. The first-order valence-corrected chi connectivity index (χ1v) is 6.94. The lowest BCUT2D eigenvalue weighted by molar-refractivity contribution is -0.129. The minimum Gasteiger partial charge on any atom is -0.394 e. The molecule has 0 aliphatic carbocycles. The van der Waals surface area contributed by atoms with Gasteiger partial charge in [0.25, 0.3) is 0 Å².